The fourth-order valence-corrected chi connectivity index (χ4v) is 3.81. The number of aromatic nitrogens is 3. The Kier molecular flexibility index (Phi) is 5.51. The molecular formula is C24H30N6O3. The lowest BCUT2D eigenvalue weighted by molar-refractivity contribution is -0.115. The highest BCUT2D eigenvalue weighted by Crippen LogP contribution is 2.45. The van der Waals surface area contributed by atoms with Gasteiger partial charge in [-0.2, -0.15) is 5.10 Å². The summed E-state index contributed by atoms with van der Waals surface area (Å²) in [6.07, 6.45) is 2.80. The molecule has 9 nitrogen and oxygen atoms in total. The molecule has 3 aromatic rings. The minimum absolute atomic E-state index is 0.0633. The van der Waals surface area contributed by atoms with Crippen LogP contribution in [0.1, 0.15) is 62.2 Å². The first-order chi connectivity index (χ1) is 15.4. The number of nitrogen functional groups attached to an aromatic ring is 1. The van der Waals surface area contributed by atoms with Gasteiger partial charge in [0.15, 0.2) is 5.82 Å². The Morgan fingerprint density at radius 3 is 2.45 bits per heavy atom. The number of nitrogens with zero attached hydrogens (tertiary/aromatic N) is 3. The number of amides is 2. The van der Waals surface area contributed by atoms with Gasteiger partial charge in [0.05, 0.1) is 12.0 Å². The van der Waals surface area contributed by atoms with Crippen LogP contribution in [0.15, 0.2) is 34.9 Å². The molecule has 0 spiro atoms. The van der Waals surface area contributed by atoms with E-state index < -0.39 is 5.91 Å². The van der Waals surface area contributed by atoms with E-state index in [1.165, 1.54) is 0 Å². The van der Waals surface area contributed by atoms with Crippen LogP contribution in [0.25, 0.3) is 11.3 Å². The molecule has 1 aliphatic carbocycles. The molecule has 5 N–H and O–H groups in total. The molecule has 1 saturated carbocycles. The fourth-order valence-electron chi connectivity index (χ4n) is 3.81. The predicted octanol–water partition coefficient (Wildman–Crippen LogP) is 3.50. The zero-order valence-electron chi connectivity index (χ0n) is 19.4. The second-order valence-electron chi connectivity index (χ2n) is 10.2. The number of hydrogen-bond donors (Lipinski definition) is 3. The maximum Gasteiger partial charge on any atom is 0.254 e. The average Bonchev–Trinajstić information content (AvgIpc) is 3.13. The molecule has 0 aliphatic heterocycles. The summed E-state index contributed by atoms with van der Waals surface area (Å²) < 4.78 is 7.01. The quantitative estimate of drug-likeness (QED) is 0.503. The van der Waals surface area contributed by atoms with Gasteiger partial charge in [0.2, 0.25) is 5.91 Å². The monoisotopic (exact) mass is 450 g/mol. The van der Waals surface area contributed by atoms with Gasteiger partial charge in [0.25, 0.3) is 5.91 Å². The van der Waals surface area contributed by atoms with E-state index in [2.05, 4.69) is 36.3 Å². The van der Waals surface area contributed by atoms with E-state index >= 15 is 0 Å². The van der Waals surface area contributed by atoms with Crippen molar-refractivity contribution in [2.24, 2.45) is 11.1 Å². The third-order valence-electron chi connectivity index (χ3n) is 5.78. The number of nitrogens with two attached hydrogens (primary N) is 2. The zero-order chi connectivity index (χ0) is 24.0. The van der Waals surface area contributed by atoms with Crippen molar-refractivity contribution in [1.82, 2.24) is 14.9 Å². The van der Waals surface area contributed by atoms with E-state index in [-0.39, 0.29) is 28.8 Å². The smallest absolute Gasteiger partial charge is 0.254 e. The largest absolute Gasteiger partial charge is 0.383 e. The van der Waals surface area contributed by atoms with E-state index in [4.69, 9.17) is 16.0 Å². The number of hydrogen-bond acceptors (Lipinski definition) is 6. The number of carbonyl (C=O) groups excluding carboxylic acids is 2. The van der Waals surface area contributed by atoms with E-state index in [1.54, 1.807) is 10.7 Å². The summed E-state index contributed by atoms with van der Waals surface area (Å²) in [4.78, 5) is 24.5. The molecule has 33 heavy (non-hydrogen) atoms. The Morgan fingerprint density at radius 1 is 1.21 bits per heavy atom. The first-order valence-corrected chi connectivity index (χ1v) is 11.0. The highest BCUT2D eigenvalue weighted by molar-refractivity contribution is 6.03. The first-order valence-electron chi connectivity index (χ1n) is 11.0. The van der Waals surface area contributed by atoms with Crippen molar-refractivity contribution in [1.29, 1.82) is 0 Å². The van der Waals surface area contributed by atoms with E-state index in [0.29, 0.717) is 22.9 Å². The molecule has 0 saturated heterocycles. The summed E-state index contributed by atoms with van der Waals surface area (Å²) in [5, 5.41) is 11.3. The summed E-state index contributed by atoms with van der Waals surface area (Å²) >= 11 is 0. The Balaban J connectivity index is 1.46. The van der Waals surface area contributed by atoms with Gasteiger partial charge in [-0.3, -0.25) is 9.59 Å². The maximum absolute atomic E-state index is 12.5. The zero-order valence-corrected chi connectivity index (χ0v) is 19.4. The number of primary amides is 1. The van der Waals surface area contributed by atoms with Gasteiger partial charge in [-0.25, -0.2) is 4.68 Å². The number of nitrogens with one attached hydrogen (secondary N) is 1. The topological polar surface area (TPSA) is 142 Å². The van der Waals surface area contributed by atoms with Gasteiger partial charge in [-0.15, -0.1) is 0 Å². The van der Waals surface area contributed by atoms with Crippen LogP contribution in [0.3, 0.4) is 0 Å². The van der Waals surface area contributed by atoms with E-state index in [9.17, 15) is 9.59 Å². The summed E-state index contributed by atoms with van der Waals surface area (Å²) in [5.41, 5.74) is 13.9. The Morgan fingerprint density at radius 2 is 1.88 bits per heavy atom. The standard InChI is InChI=1S/C24H30N6O3/c1-23(2,3)13-16-12-17(29-33-16)27-18(31)11-14-5-7-15(8-6-14)20-19(22(26)32)21(25)30(28-20)24(4)9-10-24/h5-8,12H,9-11,13,25H2,1-4H3,(H2,26,32)(H,27,29,31). The highest BCUT2D eigenvalue weighted by atomic mass is 16.5. The van der Waals surface area contributed by atoms with Gasteiger partial charge in [0.1, 0.15) is 22.8 Å². The van der Waals surface area contributed by atoms with Crippen molar-refractivity contribution in [2.45, 2.75) is 58.9 Å². The van der Waals surface area contributed by atoms with Crippen LogP contribution in [0, 0.1) is 5.41 Å². The SMILES string of the molecule is CC(C)(C)Cc1cc(NC(=O)Cc2ccc(-c3nn(C4(C)CC4)c(N)c3C(N)=O)cc2)no1. The molecule has 9 heteroatoms. The van der Waals surface area contributed by atoms with Crippen LogP contribution in [0.2, 0.25) is 0 Å². The average molecular weight is 451 g/mol. The molecule has 1 aliphatic rings. The van der Waals surface area contributed by atoms with Crippen LogP contribution in [-0.4, -0.2) is 26.8 Å². The second kappa shape index (κ2) is 8.06. The number of anilines is 2. The van der Waals surface area contributed by atoms with Crippen molar-refractivity contribution in [3.8, 4) is 11.3 Å². The molecule has 0 atom stereocenters. The fraction of sp³-hybridized carbons (Fsp3) is 0.417. The molecule has 2 amide bonds. The van der Waals surface area contributed by atoms with Crippen molar-refractivity contribution in [2.75, 3.05) is 11.1 Å². The van der Waals surface area contributed by atoms with Crippen LogP contribution in [0.4, 0.5) is 11.6 Å². The van der Waals surface area contributed by atoms with Gasteiger partial charge in [-0.05, 0) is 30.7 Å². The van der Waals surface area contributed by atoms with Gasteiger partial charge in [0, 0.05) is 18.1 Å². The maximum atomic E-state index is 12.5. The Labute approximate surface area is 192 Å². The molecule has 174 valence electrons. The molecule has 0 radical (unpaired) electrons. The van der Waals surface area contributed by atoms with Gasteiger partial charge < -0.3 is 21.3 Å². The normalized spacial score (nSPS) is 14.8. The number of carbonyl (C=O) groups is 2. The first kappa shape index (κ1) is 22.6. The summed E-state index contributed by atoms with van der Waals surface area (Å²) in [5.74, 6) is 0.605. The van der Waals surface area contributed by atoms with Crippen molar-refractivity contribution >= 4 is 23.5 Å². The third-order valence-corrected chi connectivity index (χ3v) is 5.78. The van der Waals surface area contributed by atoms with Crippen LogP contribution >= 0.6 is 0 Å². The van der Waals surface area contributed by atoms with Crippen LogP contribution in [-0.2, 0) is 23.2 Å². The van der Waals surface area contributed by atoms with Gasteiger partial charge in [-0.1, -0.05) is 50.2 Å². The van der Waals surface area contributed by atoms with Crippen LogP contribution in [0.5, 0.6) is 0 Å². The van der Waals surface area contributed by atoms with Crippen molar-refractivity contribution < 1.29 is 14.1 Å². The molecule has 2 aromatic heterocycles. The van der Waals surface area contributed by atoms with E-state index in [0.717, 1.165) is 30.6 Å². The minimum Gasteiger partial charge on any atom is -0.383 e. The summed E-state index contributed by atoms with van der Waals surface area (Å²) in [6.45, 7) is 8.37. The van der Waals surface area contributed by atoms with Gasteiger partial charge >= 0.3 is 0 Å². The van der Waals surface area contributed by atoms with Crippen molar-refractivity contribution in [3.05, 3.63) is 47.2 Å². The lowest BCUT2D eigenvalue weighted by Gasteiger charge is -2.14. The molecule has 4 rings (SSSR count). The highest BCUT2D eigenvalue weighted by Gasteiger charge is 2.43. The molecule has 2 heterocycles. The summed E-state index contributed by atoms with van der Waals surface area (Å²) in [6, 6.07) is 9.02. The molecule has 1 aromatic carbocycles. The van der Waals surface area contributed by atoms with Crippen LogP contribution < -0.4 is 16.8 Å². The molecule has 1 fully saturated rings. The molecule has 0 bridgehead atoms. The molecule has 0 unspecified atom stereocenters. The lowest BCUT2D eigenvalue weighted by Crippen LogP contribution is -2.19. The third kappa shape index (κ3) is 4.92. The Hall–Kier alpha value is -3.62. The second-order valence-corrected chi connectivity index (χ2v) is 10.2. The number of rotatable bonds is 7. The predicted molar refractivity (Wildman–Crippen MR) is 125 cm³/mol. The number of benzene rings is 1. The Bertz CT molecular complexity index is 1200. The lowest BCUT2D eigenvalue weighted by atomic mass is 9.91. The van der Waals surface area contributed by atoms with E-state index in [1.807, 2.05) is 31.2 Å². The molecular weight excluding hydrogens is 420 g/mol. The minimum atomic E-state index is -0.611. The van der Waals surface area contributed by atoms with Crippen molar-refractivity contribution in [3.63, 3.8) is 0 Å². The summed E-state index contributed by atoms with van der Waals surface area (Å²) in [7, 11) is 0.